The lowest BCUT2D eigenvalue weighted by Crippen LogP contribution is -2.38. The van der Waals surface area contributed by atoms with Gasteiger partial charge in [-0.25, -0.2) is 4.98 Å². The summed E-state index contributed by atoms with van der Waals surface area (Å²) in [5, 5.41) is 5.84. The molecule has 1 aliphatic rings. The summed E-state index contributed by atoms with van der Waals surface area (Å²) in [5.41, 5.74) is 6.25. The first-order chi connectivity index (χ1) is 12.6. The third kappa shape index (κ3) is 3.14. The highest BCUT2D eigenvalue weighted by molar-refractivity contribution is 7.07. The molecule has 6 nitrogen and oxygen atoms in total. The van der Waals surface area contributed by atoms with Gasteiger partial charge in [0.15, 0.2) is 0 Å². The Balaban J connectivity index is 1.48. The number of piperidine rings is 1. The number of hydrogen-bond donors (Lipinski definition) is 0. The zero-order valence-electron chi connectivity index (χ0n) is 14.8. The first-order valence-corrected chi connectivity index (χ1v) is 9.64. The summed E-state index contributed by atoms with van der Waals surface area (Å²) in [5.74, 6) is 1.25. The first-order valence-electron chi connectivity index (χ1n) is 8.70. The maximum atomic E-state index is 12.4. The Labute approximate surface area is 155 Å². The molecular formula is C19H20N4O2S. The second-order valence-corrected chi connectivity index (χ2v) is 7.33. The highest BCUT2D eigenvalue weighted by Crippen LogP contribution is 2.32. The molecule has 0 aromatic carbocycles. The summed E-state index contributed by atoms with van der Waals surface area (Å²) >= 11 is 1.45. The van der Waals surface area contributed by atoms with Gasteiger partial charge in [-0.3, -0.25) is 9.78 Å². The third-order valence-corrected chi connectivity index (χ3v) is 5.56. The number of rotatable bonds is 3. The van der Waals surface area contributed by atoms with Crippen LogP contribution in [0.1, 0.15) is 46.3 Å². The van der Waals surface area contributed by atoms with Crippen molar-refractivity contribution in [3.63, 3.8) is 0 Å². The average Bonchev–Trinajstić information content (AvgIpc) is 3.32. The topological polar surface area (TPSA) is 72.1 Å². The van der Waals surface area contributed by atoms with Crippen molar-refractivity contribution in [2.75, 3.05) is 13.1 Å². The molecule has 3 aromatic heterocycles. The Morgan fingerprint density at radius 3 is 2.73 bits per heavy atom. The number of pyridine rings is 1. The number of nitrogens with zero attached hydrogens (tertiary/aromatic N) is 4. The number of amides is 1. The first kappa shape index (κ1) is 16.9. The van der Waals surface area contributed by atoms with Crippen LogP contribution in [-0.4, -0.2) is 39.0 Å². The lowest BCUT2D eigenvalue weighted by molar-refractivity contribution is 0.0708. The average molecular weight is 368 g/mol. The van der Waals surface area contributed by atoms with Crippen molar-refractivity contribution in [3.05, 3.63) is 51.9 Å². The van der Waals surface area contributed by atoms with Crippen LogP contribution in [0.25, 0.3) is 11.3 Å². The van der Waals surface area contributed by atoms with E-state index in [9.17, 15) is 4.79 Å². The summed E-state index contributed by atoms with van der Waals surface area (Å²) in [4.78, 5) is 23.0. The molecule has 0 atom stereocenters. The van der Waals surface area contributed by atoms with E-state index in [0.29, 0.717) is 11.6 Å². The molecule has 1 aliphatic heterocycles. The normalized spacial score (nSPS) is 15.4. The van der Waals surface area contributed by atoms with Crippen LogP contribution in [0, 0.1) is 13.8 Å². The summed E-state index contributed by atoms with van der Waals surface area (Å²) in [6.45, 7) is 5.35. The minimum absolute atomic E-state index is 0.0378. The van der Waals surface area contributed by atoms with Gasteiger partial charge in [0.05, 0.1) is 22.5 Å². The van der Waals surface area contributed by atoms with Crippen LogP contribution >= 0.6 is 11.3 Å². The molecule has 0 spiro atoms. The van der Waals surface area contributed by atoms with E-state index in [1.165, 1.54) is 16.9 Å². The molecule has 4 rings (SSSR count). The minimum atomic E-state index is 0.0378. The molecule has 1 fully saturated rings. The van der Waals surface area contributed by atoms with E-state index in [0.717, 1.165) is 48.6 Å². The summed E-state index contributed by atoms with van der Waals surface area (Å²) < 4.78 is 5.27. The highest BCUT2D eigenvalue weighted by Gasteiger charge is 2.26. The van der Waals surface area contributed by atoms with Gasteiger partial charge in [0.1, 0.15) is 11.5 Å². The van der Waals surface area contributed by atoms with Gasteiger partial charge in [0, 0.05) is 24.7 Å². The Morgan fingerprint density at radius 1 is 1.27 bits per heavy atom. The molecule has 7 heteroatoms. The highest BCUT2D eigenvalue weighted by atomic mass is 32.1. The van der Waals surface area contributed by atoms with Gasteiger partial charge < -0.3 is 9.42 Å². The monoisotopic (exact) mass is 368 g/mol. The van der Waals surface area contributed by atoms with E-state index in [1.54, 1.807) is 5.51 Å². The molecule has 26 heavy (non-hydrogen) atoms. The predicted molar refractivity (Wildman–Crippen MR) is 99.2 cm³/mol. The minimum Gasteiger partial charge on any atom is -0.361 e. The van der Waals surface area contributed by atoms with Crippen molar-refractivity contribution in [3.8, 4) is 11.3 Å². The quantitative estimate of drug-likeness (QED) is 0.702. The van der Waals surface area contributed by atoms with Gasteiger partial charge in [0.25, 0.3) is 5.91 Å². The number of thiazole rings is 1. The second kappa shape index (κ2) is 6.99. The van der Waals surface area contributed by atoms with E-state index >= 15 is 0 Å². The van der Waals surface area contributed by atoms with E-state index in [1.807, 2.05) is 30.3 Å². The summed E-state index contributed by atoms with van der Waals surface area (Å²) in [7, 11) is 0. The van der Waals surface area contributed by atoms with Gasteiger partial charge in [-0.15, -0.1) is 11.3 Å². The van der Waals surface area contributed by atoms with Crippen molar-refractivity contribution in [1.82, 2.24) is 20.0 Å². The Hall–Kier alpha value is -2.54. The molecule has 0 radical (unpaired) electrons. The lowest BCUT2D eigenvalue weighted by Gasteiger charge is -2.32. The maximum absolute atomic E-state index is 12.4. The van der Waals surface area contributed by atoms with Crippen molar-refractivity contribution in [2.24, 2.45) is 0 Å². The fourth-order valence-electron chi connectivity index (χ4n) is 3.58. The van der Waals surface area contributed by atoms with Crippen LogP contribution in [0.3, 0.4) is 0 Å². The molecule has 0 N–H and O–H groups in total. The van der Waals surface area contributed by atoms with Crippen molar-refractivity contribution < 1.29 is 9.32 Å². The molecule has 0 aliphatic carbocycles. The number of carbonyl (C=O) groups excluding carboxylic acids is 1. The second-order valence-electron chi connectivity index (χ2n) is 6.61. The molecule has 4 heterocycles. The number of hydrogen-bond acceptors (Lipinski definition) is 6. The Kier molecular flexibility index (Phi) is 4.55. The Morgan fingerprint density at radius 2 is 2.08 bits per heavy atom. The molecule has 3 aromatic rings. The number of likely N-dealkylation sites (tertiary alicyclic amines) is 1. The Bertz CT molecular complexity index is 892. The van der Waals surface area contributed by atoms with Crippen LogP contribution in [0.15, 0.2) is 33.7 Å². The summed E-state index contributed by atoms with van der Waals surface area (Å²) in [6, 6.07) is 4.21. The van der Waals surface area contributed by atoms with Crippen LogP contribution in [-0.2, 0) is 0 Å². The fourth-order valence-corrected chi connectivity index (χ4v) is 4.11. The van der Waals surface area contributed by atoms with Gasteiger partial charge in [-0.2, -0.15) is 0 Å². The zero-order valence-corrected chi connectivity index (χ0v) is 15.6. The van der Waals surface area contributed by atoms with Gasteiger partial charge in [0.2, 0.25) is 0 Å². The number of aryl methyl sites for hydroxylation is 2. The zero-order chi connectivity index (χ0) is 18.1. The van der Waals surface area contributed by atoms with E-state index in [2.05, 4.69) is 27.3 Å². The van der Waals surface area contributed by atoms with Crippen LogP contribution in [0.4, 0.5) is 0 Å². The van der Waals surface area contributed by atoms with E-state index in [4.69, 9.17) is 4.52 Å². The SMILES string of the molecule is Cc1noc(C)c1-c1cc(C2CCN(C(=O)c3cscn3)CC2)ccn1. The van der Waals surface area contributed by atoms with Crippen molar-refractivity contribution >= 4 is 17.2 Å². The van der Waals surface area contributed by atoms with Crippen molar-refractivity contribution in [1.29, 1.82) is 0 Å². The third-order valence-electron chi connectivity index (χ3n) is 4.98. The van der Waals surface area contributed by atoms with Crippen LogP contribution in [0.2, 0.25) is 0 Å². The predicted octanol–water partition coefficient (Wildman–Crippen LogP) is 3.83. The van der Waals surface area contributed by atoms with Gasteiger partial charge in [-0.05, 0) is 50.3 Å². The standard InChI is InChI=1S/C19H20N4O2S/c1-12-18(13(2)25-22-12)16-9-15(3-6-20-16)14-4-7-23(8-5-14)19(24)17-10-26-11-21-17/h3,6,9-11,14H,4-5,7-8H2,1-2H3. The largest absolute Gasteiger partial charge is 0.361 e. The molecule has 1 amide bonds. The van der Waals surface area contributed by atoms with Gasteiger partial charge in [-0.1, -0.05) is 5.16 Å². The maximum Gasteiger partial charge on any atom is 0.273 e. The summed E-state index contributed by atoms with van der Waals surface area (Å²) in [6.07, 6.45) is 3.74. The number of carbonyl (C=O) groups is 1. The lowest BCUT2D eigenvalue weighted by atomic mass is 9.89. The van der Waals surface area contributed by atoms with E-state index < -0.39 is 0 Å². The molecule has 1 saturated heterocycles. The van der Waals surface area contributed by atoms with Crippen LogP contribution in [0.5, 0.6) is 0 Å². The molecular weight excluding hydrogens is 348 g/mol. The molecule has 0 bridgehead atoms. The van der Waals surface area contributed by atoms with Gasteiger partial charge >= 0.3 is 0 Å². The smallest absolute Gasteiger partial charge is 0.273 e. The molecule has 134 valence electrons. The van der Waals surface area contributed by atoms with Crippen molar-refractivity contribution in [2.45, 2.75) is 32.6 Å². The molecule has 0 saturated carbocycles. The molecule has 0 unspecified atom stereocenters. The fraction of sp³-hybridized carbons (Fsp3) is 0.368. The van der Waals surface area contributed by atoms with E-state index in [-0.39, 0.29) is 5.91 Å². The van der Waals surface area contributed by atoms with Crippen LogP contribution < -0.4 is 0 Å². The number of aromatic nitrogens is 3.